The Labute approximate surface area is 352 Å². The first-order valence-corrected chi connectivity index (χ1v) is 19.2. The first-order chi connectivity index (χ1) is 29.1. The summed E-state index contributed by atoms with van der Waals surface area (Å²) in [7, 11) is 0. The van der Waals surface area contributed by atoms with Gasteiger partial charge in [0.1, 0.15) is 30.6 Å². The molecule has 1 aromatic heterocycles. The molecule has 6 rings (SSSR count). The van der Waals surface area contributed by atoms with E-state index in [0.717, 1.165) is 40.2 Å². The molecule has 0 bridgehead atoms. The van der Waals surface area contributed by atoms with Crippen molar-refractivity contribution in [3.05, 3.63) is 87.3 Å². The van der Waals surface area contributed by atoms with E-state index in [1.165, 1.54) is 17.6 Å². The number of nitro groups is 1. The average molecular weight is 875 g/mol. The molecule has 11 atom stereocenters. The Bertz CT molecular complexity index is 2090. The Kier molecular flexibility index (Phi) is 14.7. The summed E-state index contributed by atoms with van der Waals surface area (Å²) in [5, 5.41) is 14.4. The monoisotopic (exact) mass is 874 g/mol. The van der Waals surface area contributed by atoms with Crippen molar-refractivity contribution >= 4 is 52.9 Å². The summed E-state index contributed by atoms with van der Waals surface area (Å²) in [5.74, 6) is -4.15. The largest absolute Gasteiger partial charge is 0.455 e. The lowest BCUT2D eigenvalue weighted by molar-refractivity contribution is -0.389. The summed E-state index contributed by atoms with van der Waals surface area (Å²) >= 11 is 6.27. The Morgan fingerprint density at radius 2 is 1.48 bits per heavy atom. The number of halogens is 1. The molecule has 4 heterocycles. The van der Waals surface area contributed by atoms with Gasteiger partial charge in [0, 0.05) is 40.2 Å². The molecule has 1 N–H and O–H groups in total. The number of rotatable bonds is 14. The molecular formula is C39H43ClN4O17. The van der Waals surface area contributed by atoms with Gasteiger partial charge in [0.2, 0.25) is 12.2 Å². The lowest BCUT2D eigenvalue weighted by Crippen LogP contribution is -2.67. The molecule has 22 heteroatoms. The number of imidazole rings is 1. The third-order valence-corrected chi connectivity index (χ3v) is 9.73. The van der Waals surface area contributed by atoms with E-state index >= 15 is 0 Å². The first-order valence-electron chi connectivity index (χ1n) is 18.9. The van der Waals surface area contributed by atoms with Crippen LogP contribution < -0.4 is 5.32 Å². The topological polar surface area (TPSA) is 251 Å². The number of esters is 4. The van der Waals surface area contributed by atoms with Gasteiger partial charge >= 0.3 is 29.7 Å². The highest BCUT2D eigenvalue weighted by Crippen LogP contribution is 2.39. The number of nitrogens with zero attached hydrogens (tertiary/aromatic N) is 3. The molecule has 3 fully saturated rings. The van der Waals surface area contributed by atoms with E-state index in [0.29, 0.717) is 11.1 Å². The number of carbonyl (C=O) groups excluding carboxylic acids is 5. The molecule has 2 aromatic carbocycles. The minimum Gasteiger partial charge on any atom is -0.455 e. The summed E-state index contributed by atoms with van der Waals surface area (Å²) in [4.78, 5) is 77.3. The Morgan fingerprint density at radius 3 is 2.10 bits per heavy atom. The van der Waals surface area contributed by atoms with Crippen LogP contribution in [0.2, 0.25) is 5.02 Å². The summed E-state index contributed by atoms with van der Waals surface area (Å²) in [5.41, 5.74) is 1.42. The van der Waals surface area contributed by atoms with E-state index in [9.17, 15) is 34.1 Å². The average Bonchev–Trinajstić information content (AvgIpc) is 3.67. The maximum absolute atomic E-state index is 12.9. The zero-order valence-electron chi connectivity index (χ0n) is 33.4. The quantitative estimate of drug-likeness (QED) is 0.106. The summed E-state index contributed by atoms with van der Waals surface area (Å²) in [6.45, 7) is 5.14. The number of amides is 1. The van der Waals surface area contributed by atoms with E-state index < -0.39 is 102 Å². The van der Waals surface area contributed by atoms with Crippen molar-refractivity contribution in [1.29, 1.82) is 0 Å². The molecular weight excluding hydrogens is 832 g/mol. The predicted molar refractivity (Wildman–Crippen MR) is 204 cm³/mol. The van der Waals surface area contributed by atoms with Gasteiger partial charge in [0.05, 0.1) is 30.5 Å². The zero-order valence-corrected chi connectivity index (χ0v) is 34.2. The van der Waals surface area contributed by atoms with E-state index in [1.54, 1.807) is 36.4 Å². The van der Waals surface area contributed by atoms with Gasteiger partial charge < -0.3 is 67.4 Å². The molecule has 21 nitrogen and oxygen atoms in total. The number of nitrogens with one attached hydrogen (secondary N) is 1. The summed E-state index contributed by atoms with van der Waals surface area (Å²) in [6.07, 6.45) is -12.7. The molecule has 1 unspecified atom stereocenters. The smallest absolute Gasteiger partial charge is 0.381 e. The van der Waals surface area contributed by atoms with Crippen LogP contribution in [0.1, 0.15) is 52.0 Å². The SMILES string of the molecule is CC(=O)Nc1cc(CO[C@@H]2O[C@H](Cn3cnc([N+](=O)[O-])c3)[C@@H](O[C@H]3O[C@@H]4COC(c5ccccc5)O[C@H]4[C@H](OC(C)=O)[C@H]3OC(C)=O)[C@H](OC(C)=O)[C@H]2OC(C)=O)ccc1Cl. The van der Waals surface area contributed by atoms with Crippen molar-refractivity contribution in [1.82, 2.24) is 9.55 Å². The van der Waals surface area contributed by atoms with Crippen molar-refractivity contribution in [3.8, 4) is 0 Å². The third-order valence-electron chi connectivity index (χ3n) is 9.40. The van der Waals surface area contributed by atoms with Crippen LogP contribution in [0.5, 0.6) is 0 Å². The minimum absolute atomic E-state index is 0.119. The van der Waals surface area contributed by atoms with Crippen molar-refractivity contribution in [2.24, 2.45) is 0 Å². The second kappa shape index (κ2) is 19.9. The van der Waals surface area contributed by atoms with Crippen LogP contribution in [0, 0.1) is 10.1 Å². The standard InChI is InChI=1S/C39H43ClN4O17/c1-19(45)42-27-13-24(11-12-26(27)40)16-52-38-35(56-22(4)48)33(54-20(2)46)31(28(58-38)14-43-15-30(41-18-43)44(50)51)61-39-36(57-23(5)49)34(55-21(3)47)32-29(59-39)17-53-37(60-32)25-9-7-6-8-10-25/h6-13,15,18,28-29,31-39H,14,16-17H2,1-5H3,(H,42,45)/t28-,29-,31-,32-,33+,34+,35-,36-,37?,38-,39-/m1/s1. The van der Waals surface area contributed by atoms with Crippen molar-refractivity contribution in [2.45, 2.75) is 115 Å². The number of carbonyl (C=O) groups is 5. The second-order valence-corrected chi connectivity index (χ2v) is 14.6. The number of benzene rings is 2. The van der Waals surface area contributed by atoms with Crippen LogP contribution in [-0.4, -0.2) is 112 Å². The Balaban J connectivity index is 1.38. The van der Waals surface area contributed by atoms with Crippen molar-refractivity contribution < 1.29 is 76.3 Å². The van der Waals surface area contributed by atoms with Gasteiger partial charge in [-0.15, -0.1) is 0 Å². The molecule has 1 amide bonds. The maximum atomic E-state index is 12.9. The van der Waals surface area contributed by atoms with Crippen LogP contribution in [0.3, 0.4) is 0 Å². The van der Waals surface area contributed by atoms with Crippen LogP contribution in [0.25, 0.3) is 0 Å². The van der Waals surface area contributed by atoms with E-state index in [-0.39, 0.29) is 36.4 Å². The number of hydrogen-bond donors (Lipinski definition) is 1. The Morgan fingerprint density at radius 1 is 0.836 bits per heavy atom. The number of anilines is 1. The maximum Gasteiger partial charge on any atom is 0.381 e. The van der Waals surface area contributed by atoms with E-state index in [4.69, 9.17) is 59.0 Å². The highest BCUT2D eigenvalue weighted by molar-refractivity contribution is 6.33. The van der Waals surface area contributed by atoms with Gasteiger partial charge in [-0.3, -0.25) is 24.0 Å². The second-order valence-electron chi connectivity index (χ2n) is 14.2. The van der Waals surface area contributed by atoms with Gasteiger partial charge in [-0.05, 0) is 27.6 Å². The highest BCUT2D eigenvalue weighted by atomic mass is 35.5. The molecule has 328 valence electrons. The third kappa shape index (κ3) is 11.4. The van der Waals surface area contributed by atoms with Gasteiger partial charge in [-0.2, -0.15) is 0 Å². The van der Waals surface area contributed by atoms with Crippen LogP contribution >= 0.6 is 11.6 Å². The molecule has 3 aliphatic heterocycles. The van der Waals surface area contributed by atoms with Crippen molar-refractivity contribution in [3.63, 3.8) is 0 Å². The number of ether oxygens (including phenoxy) is 10. The molecule has 61 heavy (non-hydrogen) atoms. The molecule has 0 saturated carbocycles. The molecule has 3 aliphatic rings. The van der Waals surface area contributed by atoms with Crippen LogP contribution in [-0.2, 0) is 84.5 Å². The van der Waals surface area contributed by atoms with Gasteiger partial charge in [-0.25, -0.2) is 0 Å². The fraction of sp³-hybridized carbons (Fsp3) is 0.487. The molecule has 3 saturated heterocycles. The fourth-order valence-corrected chi connectivity index (χ4v) is 7.24. The summed E-state index contributed by atoms with van der Waals surface area (Å²) < 4.78 is 62.1. The predicted octanol–water partition coefficient (Wildman–Crippen LogP) is 3.30. The normalized spacial score (nSPS) is 28.4. The molecule has 0 aliphatic carbocycles. The minimum atomic E-state index is -1.64. The van der Waals surface area contributed by atoms with Crippen LogP contribution in [0.15, 0.2) is 61.1 Å². The van der Waals surface area contributed by atoms with Crippen LogP contribution in [0.4, 0.5) is 11.5 Å². The number of hydrogen-bond acceptors (Lipinski definition) is 18. The van der Waals surface area contributed by atoms with E-state index in [1.807, 2.05) is 6.07 Å². The van der Waals surface area contributed by atoms with Gasteiger partial charge in [0.15, 0.2) is 43.3 Å². The number of fused-ring (bicyclic) bond motifs is 1. The Hall–Kier alpha value is -5.55. The lowest BCUT2D eigenvalue weighted by atomic mass is 9.95. The molecule has 0 radical (unpaired) electrons. The van der Waals surface area contributed by atoms with Gasteiger partial charge in [-0.1, -0.05) is 48.0 Å². The number of aromatic nitrogens is 2. The zero-order chi connectivity index (χ0) is 44.0. The first kappa shape index (κ1) is 45.0. The van der Waals surface area contributed by atoms with E-state index in [2.05, 4.69) is 10.3 Å². The lowest BCUT2D eigenvalue weighted by Gasteiger charge is -2.50. The van der Waals surface area contributed by atoms with Gasteiger partial charge in [0.25, 0.3) is 0 Å². The molecule has 3 aromatic rings. The fourth-order valence-electron chi connectivity index (χ4n) is 7.08. The van der Waals surface area contributed by atoms with Crippen molar-refractivity contribution in [2.75, 3.05) is 11.9 Å². The highest BCUT2D eigenvalue weighted by Gasteiger charge is 2.58. The molecule has 0 spiro atoms. The summed E-state index contributed by atoms with van der Waals surface area (Å²) in [6, 6.07) is 13.6.